The highest BCUT2D eigenvalue weighted by Gasteiger charge is 2.21. The minimum Gasteiger partial charge on any atom is -0.476 e. The minimum absolute atomic E-state index is 0. The number of fused-ring (bicyclic) bond motifs is 2. The first-order chi connectivity index (χ1) is 22.1. The van der Waals surface area contributed by atoms with Gasteiger partial charge < -0.3 is 20.5 Å². The summed E-state index contributed by atoms with van der Waals surface area (Å²) in [6.45, 7) is 9.63. The Hall–Kier alpha value is -5.22. The summed E-state index contributed by atoms with van der Waals surface area (Å²) in [6, 6.07) is 7.42. The molecule has 0 saturated heterocycles. The van der Waals surface area contributed by atoms with Gasteiger partial charge in [0.2, 0.25) is 11.9 Å². The Bertz CT molecular complexity index is 1990. The van der Waals surface area contributed by atoms with Crippen LogP contribution in [0.15, 0.2) is 49.1 Å². The van der Waals surface area contributed by atoms with E-state index < -0.39 is 11.9 Å². The molecule has 6 heterocycles. The van der Waals surface area contributed by atoms with Crippen LogP contribution in [0.1, 0.15) is 82.4 Å². The molecule has 0 bridgehead atoms. The van der Waals surface area contributed by atoms with Crippen LogP contribution in [-0.2, 0) is 4.74 Å². The second-order valence-corrected chi connectivity index (χ2v) is 12.3. The summed E-state index contributed by atoms with van der Waals surface area (Å²) >= 11 is 2.66. The van der Waals surface area contributed by atoms with Gasteiger partial charge in [0.25, 0.3) is 0 Å². The Morgan fingerprint density at radius 1 is 0.787 bits per heavy atom. The quantitative estimate of drug-likeness (QED) is 0.142. The van der Waals surface area contributed by atoms with Gasteiger partial charge in [0.15, 0.2) is 22.7 Å². The number of nitrogens with zero attached hydrogens (tertiary/aromatic N) is 8. The van der Waals surface area contributed by atoms with Crippen LogP contribution in [0.4, 0.5) is 11.9 Å². The van der Waals surface area contributed by atoms with E-state index in [1.165, 1.54) is 22.7 Å². The van der Waals surface area contributed by atoms with Crippen molar-refractivity contribution >= 4 is 67.2 Å². The summed E-state index contributed by atoms with van der Waals surface area (Å²) in [4.78, 5) is 57.5. The van der Waals surface area contributed by atoms with Gasteiger partial charge in [-0.2, -0.15) is 9.97 Å². The molecule has 0 radical (unpaired) electrons. The predicted molar refractivity (Wildman–Crippen MR) is 182 cm³/mol. The fourth-order valence-corrected chi connectivity index (χ4v) is 5.96. The third-order valence-electron chi connectivity index (χ3n) is 6.45. The zero-order valence-corrected chi connectivity index (χ0v) is 27.2. The lowest BCUT2D eigenvalue weighted by atomic mass is 10.1. The molecule has 16 heteroatoms. The number of carboxylic acids is 1. The van der Waals surface area contributed by atoms with Gasteiger partial charge in [-0.25, -0.2) is 29.5 Å². The Labute approximate surface area is 278 Å². The summed E-state index contributed by atoms with van der Waals surface area (Å²) in [7, 11) is 0. The molecule has 6 rings (SSSR count). The third kappa shape index (κ3) is 8.33. The highest BCUT2D eigenvalue weighted by Crippen LogP contribution is 2.27. The molecule has 0 spiro atoms. The largest absolute Gasteiger partial charge is 0.476 e. The number of hydrogen-bond acceptors (Lipinski definition) is 15. The number of aryl methyl sites for hydroxylation is 2. The molecular weight excluding hydrogens is 641 g/mol. The van der Waals surface area contributed by atoms with Crippen LogP contribution in [0.5, 0.6) is 0 Å². The maximum atomic E-state index is 12.2. The van der Waals surface area contributed by atoms with Gasteiger partial charge in [-0.05, 0) is 57.9 Å². The number of carboxylic acid groups (broad SMARTS) is 1. The van der Waals surface area contributed by atoms with Crippen molar-refractivity contribution in [1.82, 2.24) is 39.9 Å². The van der Waals surface area contributed by atoms with Crippen LogP contribution in [0.2, 0.25) is 0 Å². The number of pyridine rings is 2. The Kier molecular flexibility index (Phi) is 11.3. The molecule has 3 N–H and O–H groups in total. The lowest BCUT2D eigenvalue weighted by molar-refractivity contribution is 0.0521. The van der Waals surface area contributed by atoms with E-state index in [4.69, 9.17) is 4.74 Å². The van der Waals surface area contributed by atoms with Crippen LogP contribution in [0, 0.1) is 13.8 Å². The number of esters is 1. The van der Waals surface area contributed by atoms with Crippen molar-refractivity contribution in [2.75, 3.05) is 17.2 Å². The first-order valence-corrected chi connectivity index (χ1v) is 15.8. The van der Waals surface area contributed by atoms with Gasteiger partial charge >= 0.3 is 11.9 Å². The lowest BCUT2D eigenvalue weighted by Gasteiger charge is -2.14. The van der Waals surface area contributed by atoms with E-state index in [1.54, 1.807) is 31.7 Å². The summed E-state index contributed by atoms with van der Waals surface area (Å²) in [5.74, 6) is -0.975. The van der Waals surface area contributed by atoms with Crippen LogP contribution in [-0.4, -0.2) is 63.5 Å². The van der Waals surface area contributed by atoms with Gasteiger partial charge in [0.1, 0.15) is 9.40 Å². The molecule has 47 heavy (non-hydrogen) atoms. The topological polar surface area (TPSA) is 191 Å². The van der Waals surface area contributed by atoms with Gasteiger partial charge in [0, 0.05) is 24.8 Å². The SMILES string of the molecule is C.CCOC(=O)c1nc(N[C@@H](C)c2cccnc2)nc2nc(C)sc12.Cc1nc2nc(N[C@@H](C)c3cccnc3)nc(C(=O)O)c2s1. The molecule has 0 unspecified atom stereocenters. The number of rotatable bonds is 9. The number of aromatic carboxylic acids is 1. The zero-order valence-electron chi connectivity index (χ0n) is 25.5. The molecule has 6 aromatic rings. The van der Waals surface area contributed by atoms with Crippen molar-refractivity contribution in [1.29, 1.82) is 0 Å². The molecule has 0 fully saturated rings. The number of carbonyl (C=O) groups is 2. The van der Waals surface area contributed by atoms with E-state index >= 15 is 0 Å². The fourth-order valence-electron chi connectivity index (χ4n) is 4.29. The summed E-state index contributed by atoms with van der Waals surface area (Å²) in [5, 5.41) is 17.2. The second kappa shape index (κ2) is 15.4. The summed E-state index contributed by atoms with van der Waals surface area (Å²) in [6.07, 6.45) is 6.92. The lowest BCUT2D eigenvalue weighted by Crippen LogP contribution is -2.13. The molecule has 0 amide bonds. The van der Waals surface area contributed by atoms with Crippen LogP contribution >= 0.6 is 22.7 Å². The van der Waals surface area contributed by atoms with Gasteiger partial charge in [-0.1, -0.05) is 19.6 Å². The van der Waals surface area contributed by atoms with Crippen molar-refractivity contribution in [2.45, 2.75) is 54.1 Å². The molecular formula is C31H34N10O4S2. The number of ether oxygens (including phenoxy) is 1. The maximum Gasteiger partial charge on any atom is 0.358 e. The monoisotopic (exact) mass is 674 g/mol. The molecule has 244 valence electrons. The van der Waals surface area contributed by atoms with Crippen LogP contribution in [0.25, 0.3) is 20.7 Å². The second-order valence-electron chi connectivity index (χ2n) is 9.89. The molecule has 6 aromatic heterocycles. The number of thiazole rings is 2. The maximum absolute atomic E-state index is 12.2. The molecule has 0 saturated carbocycles. The number of hydrogen-bond donors (Lipinski definition) is 3. The van der Waals surface area contributed by atoms with E-state index in [0.717, 1.165) is 21.1 Å². The Morgan fingerprint density at radius 2 is 1.26 bits per heavy atom. The van der Waals surface area contributed by atoms with Gasteiger partial charge in [-0.15, -0.1) is 22.7 Å². The van der Waals surface area contributed by atoms with Gasteiger partial charge in [0.05, 0.1) is 28.7 Å². The zero-order chi connectivity index (χ0) is 32.8. The van der Waals surface area contributed by atoms with Crippen molar-refractivity contribution in [3.05, 3.63) is 81.6 Å². The fraction of sp³-hybridized carbons (Fsp3) is 0.290. The smallest absolute Gasteiger partial charge is 0.358 e. The molecule has 0 aliphatic rings. The predicted octanol–water partition coefficient (Wildman–Crippen LogP) is 6.44. The molecule has 0 aliphatic heterocycles. The van der Waals surface area contributed by atoms with Crippen LogP contribution in [0.3, 0.4) is 0 Å². The Balaban J connectivity index is 0.000000209. The number of carbonyl (C=O) groups excluding carboxylic acids is 1. The van der Waals surface area contributed by atoms with Crippen molar-refractivity contribution in [3.8, 4) is 0 Å². The van der Waals surface area contributed by atoms with Crippen molar-refractivity contribution < 1.29 is 19.4 Å². The summed E-state index contributed by atoms with van der Waals surface area (Å²) < 4.78 is 6.24. The molecule has 14 nitrogen and oxygen atoms in total. The number of nitrogens with one attached hydrogen (secondary N) is 2. The third-order valence-corrected chi connectivity index (χ3v) is 8.39. The molecule has 0 aromatic carbocycles. The Morgan fingerprint density at radius 3 is 1.68 bits per heavy atom. The van der Waals surface area contributed by atoms with E-state index in [2.05, 4.69) is 50.5 Å². The highest BCUT2D eigenvalue weighted by molar-refractivity contribution is 7.19. The standard InChI is InChI=1S/C16H17N5O2S.C14H13N5O2S.CH4/c1-4-23-15(22)12-13-14(19-10(3)24-13)21-16(20-12)18-9(2)11-6-5-7-17-8-11;1-7(9-4-3-5-15-6-9)16-14-18-10(13(20)21)11-12(19-14)17-8(2)22-11;/h5-9H,4H2,1-3H3,(H,18,20,21);3-7H,1-2H3,(H,20,21)(H,16,18,19);1H4/t9-;7-;/m00./s1. The molecule has 0 aliphatic carbocycles. The van der Waals surface area contributed by atoms with E-state index in [0.29, 0.717) is 26.6 Å². The van der Waals surface area contributed by atoms with Crippen molar-refractivity contribution in [2.24, 2.45) is 0 Å². The van der Waals surface area contributed by atoms with E-state index in [-0.39, 0.29) is 43.5 Å². The summed E-state index contributed by atoms with van der Waals surface area (Å²) in [5.41, 5.74) is 3.06. The first kappa shape index (κ1) is 34.6. The van der Waals surface area contributed by atoms with Crippen LogP contribution < -0.4 is 10.6 Å². The number of aromatic nitrogens is 8. The molecule has 2 atom stereocenters. The van der Waals surface area contributed by atoms with Gasteiger partial charge in [-0.3, -0.25) is 9.97 Å². The van der Waals surface area contributed by atoms with E-state index in [9.17, 15) is 14.7 Å². The average molecular weight is 675 g/mol. The minimum atomic E-state index is -1.09. The number of anilines is 2. The highest BCUT2D eigenvalue weighted by atomic mass is 32.1. The van der Waals surface area contributed by atoms with Crippen molar-refractivity contribution in [3.63, 3.8) is 0 Å². The normalized spacial score (nSPS) is 11.9. The van der Waals surface area contributed by atoms with E-state index in [1.807, 2.05) is 52.0 Å². The average Bonchev–Trinajstić information content (AvgIpc) is 3.61. The first-order valence-electron chi connectivity index (χ1n) is 14.2.